The van der Waals surface area contributed by atoms with Gasteiger partial charge in [-0.1, -0.05) is 42.9 Å². The van der Waals surface area contributed by atoms with Gasteiger partial charge >= 0.3 is 0 Å². The predicted octanol–water partition coefficient (Wildman–Crippen LogP) is 3.37. The minimum absolute atomic E-state index is 0.423. The second-order valence-corrected chi connectivity index (χ2v) is 4.92. The zero-order valence-corrected chi connectivity index (χ0v) is 12.8. The van der Waals surface area contributed by atoms with E-state index >= 15 is 0 Å². The summed E-state index contributed by atoms with van der Waals surface area (Å²) >= 11 is 0. The quantitative estimate of drug-likeness (QED) is 0.744. The molecular formula is C19H21NO2. The number of para-hydroxylation sites is 1. The highest BCUT2D eigenvalue weighted by atomic mass is 16.5. The summed E-state index contributed by atoms with van der Waals surface area (Å²) in [6.45, 7) is 2.36. The Hall–Kier alpha value is -2.07. The lowest BCUT2D eigenvalue weighted by atomic mass is 10.2. The van der Waals surface area contributed by atoms with Crippen LogP contribution in [0.15, 0.2) is 35.3 Å². The highest BCUT2D eigenvalue weighted by Crippen LogP contribution is 2.09. The van der Waals surface area contributed by atoms with Gasteiger partial charge in [-0.25, -0.2) is 4.99 Å². The summed E-state index contributed by atoms with van der Waals surface area (Å²) in [5, 5.41) is 0. The summed E-state index contributed by atoms with van der Waals surface area (Å²) in [6, 6.07) is 9.70. The third-order valence-corrected chi connectivity index (χ3v) is 3.09. The molecule has 0 aliphatic carbocycles. The van der Waals surface area contributed by atoms with Crippen molar-refractivity contribution < 1.29 is 9.47 Å². The van der Waals surface area contributed by atoms with Crippen LogP contribution in [0.1, 0.15) is 25.7 Å². The van der Waals surface area contributed by atoms with Crippen LogP contribution in [0, 0.1) is 23.7 Å². The van der Waals surface area contributed by atoms with Gasteiger partial charge in [-0.3, -0.25) is 0 Å². The van der Waals surface area contributed by atoms with Crippen LogP contribution in [0.2, 0.25) is 0 Å². The Morgan fingerprint density at radius 2 is 1.36 bits per heavy atom. The Kier molecular flexibility index (Phi) is 7.88. The first-order valence-electron chi connectivity index (χ1n) is 7.72. The standard InChI is InChI=1S/C19H21NO2/c1-2-7-15-22-17-9-13-19(12-8-16-21-14-6-1)20-18-10-4-3-5-11-18/h3-5,10-11H,1-2,6-7,14-17H2. The molecular weight excluding hydrogens is 274 g/mol. The van der Waals surface area contributed by atoms with Gasteiger partial charge < -0.3 is 9.47 Å². The van der Waals surface area contributed by atoms with Crippen molar-refractivity contribution in [1.82, 2.24) is 0 Å². The van der Waals surface area contributed by atoms with E-state index in [-0.39, 0.29) is 0 Å². The second kappa shape index (κ2) is 10.6. The molecule has 1 aromatic rings. The second-order valence-electron chi connectivity index (χ2n) is 4.92. The fraction of sp³-hybridized carbons (Fsp3) is 0.421. The van der Waals surface area contributed by atoms with Crippen LogP contribution in [0.25, 0.3) is 0 Å². The first-order chi connectivity index (χ1) is 10.9. The lowest BCUT2D eigenvalue weighted by molar-refractivity contribution is 0.151. The third-order valence-electron chi connectivity index (χ3n) is 3.09. The van der Waals surface area contributed by atoms with Crippen LogP contribution in [0.3, 0.4) is 0 Å². The van der Waals surface area contributed by atoms with Crippen LogP contribution in [0.5, 0.6) is 0 Å². The number of rotatable bonds is 1. The maximum absolute atomic E-state index is 5.50. The van der Waals surface area contributed by atoms with Crippen LogP contribution >= 0.6 is 0 Å². The maximum Gasteiger partial charge on any atom is 0.164 e. The fourth-order valence-electron chi connectivity index (χ4n) is 1.97. The first kappa shape index (κ1) is 16.3. The van der Waals surface area contributed by atoms with Crippen molar-refractivity contribution in [3.63, 3.8) is 0 Å². The molecule has 0 aromatic heterocycles. The molecule has 2 rings (SSSR count). The minimum atomic E-state index is 0.423. The number of hydrogen-bond donors (Lipinski definition) is 0. The minimum Gasteiger partial charge on any atom is -0.369 e. The molecule has 3 nitrogen and oxygen atoms in total. The summed E-state index contributed by atoms with van der Waals surface area (Å²) in [4.78, 5) is 4.46. The average molecular weight is 295 g/mol. The Labute approximate surface area is 132 Å². The van der Waals surface area contributed by atoms with E-state index in [0.29, 0.717) is 18.9 Å². The average Bonchev–Trinajstić information content (AvgIpc) is 2.56. The lowest BCUT2D eigenvalue weighted by Crippen LogP contribution is -1.97. The topological polar surface area (TPSA) is 30.8 Å². The Morgan fingerprint density at radius 3 is 1.95 bits per heavy atom. The zero-order valence-electron chi connectivity index (χ0n) is 12.8. The molecule has 0 amide bonds. The Balaban J connectivity index is 2.06. The molecule has 0 spiro atoms. The van der Waals surface area contributed by atoms with Crippen molar-refractivity contribution >= 4 is 11.4 Å². The largest absolute Gasteiger partial charge is 0.369 e. The van der Waals surface area contributed by atoms with Crippen LogP contribution in [-0.2, 0) is 9.47 Å². The van der Waals surface area contributed by atoms with Gasteiger partial charge in [0.05, 0.1) is 5.69 Å². The predicted molar refractivity (Wildman–Crippen MR) is 89.2 cm³/mol. The zero-order chi connectivity index (χ0) is 15.3. The lowest BCUT2D eigenvalue weighted by Gasteiger charge is -2.01. The number of benzene rings is 1. The maximum atomic E-state index is 5.50. The van der Waals surface area contributed by atoms with E-state index in [9.17, 15) is 0 Å². The van der Waals surface area contributed by atoms with Gasteiger partial charge in [0.1, 0.15) is 13.2 Å². The monoisotopic (exact) mass is 295 g/mol. The number of nitrogens with zero attached hydrogens (tertiary/aromatic N) is 1. The van der Waals surface area contributed by atoms with Crippen molar-refractivity contribution in [2.45, 2.75) is 25.7 Å². The van der Waals surface area contributed by atoms with Crippen molar-refractivity contribution in [3.8, 4) is 23.7 Å². The van der Waals surface area contributed by atoms with Gasteiger partial charge in [0.25, 0.3) is 0 Å². The summed E-state index contributed by atoms with van der Waals surface area (Å²) in [6.07, 6.45) is 4.48. The van der Waals surface area contributed by atoms with Gasteiger partial charge in [0.15, 0.2) is 5.71 Å². The number of hydrogen-bond acceptors (Lipinski definition) is 3. The van der Waals surface area contributed by atoms with Crippen molar-refractivity contribution in [3.05, 3.63) is 30.3 Å². The molecule has 0 atom stereocenters. The Bertz CT molecular complexity index is 553. The highest BCUT2D eigenvalue weighted by molar-refractivity contribution is 6.14. The van der Waals surface area contributed by atoms with Crippen LogP contribution in [-0.4, -0.2) is 32.1 Å². The van der Waals surface area contributed by atoms with E-state index in [1.165, 1.54) is 12.8 Å². The first-order valence-corrected chi connectivity index (χ1v) is 7.72. The van der Waals surface area contributed by atoms with Crippen molar-refractivity contribution in [1.29, 1.82) is 0 Å². The molecule has 0 radical (unpaired) electrons. The molecule has 0 saturated carbocycles. The molecule has 1 heterocycles. The normalized spacial score (nSPS) is 17.0. The third kappa shape index (κ3) is 7.09. The summed E-state index contributed by atoms with van der Waals surface area (Å²) in [5.74, 6) is 11.9. The molecule has 0 unspecified atom stereocenters. The molecule has 22 heavy (non-hydrogen) atoms. The molecule has 1 aliphatic heterocycles. The van der Waals surface area contributed by atoms with E-state index in [0.717, 1.165) is 31.7 Å². The Morgan fingerprint density at radius 1 is 0.773 bits per heavy atom. The van der Waals surface area contributed by atoms with Gasteiger partial charge in [0.2, 0.25) is 0 Å². The van der Waals surface area contributed by atoms with Crippen molar-refractivity contribution in [2.75, 3.05) is 26.4 Å². The summed E-state index contributed by atoms with van der Waals surface area (Å²) in [7, 11) is 0. The molecule has 0 bridgehead atoms. The van der Waals surface area contributed by atoms with Crippen LogP contribution in [0.4, 0.5) is 5.69 Å². The van der Waals surface area contributed by atoms with Crippen molar-refractivity contribution in [2.24, 2.45) is 4.99 Å². The highest BCUT2D eigenvalue weighted by Gasteiger charge is 1.94. The van der Waals surface area contributed by atoms with E-state index in [2.05, 4.69) is 28.7 Å². The van der Waals surface area contributed by atoms with E-state index < -0.39 is 0 Å². The van der Waals surface area contributed by atoms with Gasteiger partial charge in [-0.2, -0.15) is 0 Å². The molecule has 114 valence electrons. The van der Waals surface area contributed by atoms with E-state index in [1.807, 2.05) is 30.3 Å². The van der Waals surface area contributed by atoms with Gasteiger partial charge in [0, 0.05) is 13.2 Å². The van der Waals surface area contributed by atoms with Gasteiger partial charge in [-0.05, 0) is 36.8 Å². The number of ether oxygens (including phenoxy) is 2. The fourth-order valence-corrected chi connectivity index (χ4v) is 1.97. The molecule has 3 heteroatoms. The summed E-state index contributed by atoms with van der Waals surface area (Å²) in [5.41, 5.74) is 1.40. The molecule has 0 saturated heterocycles. The van der Waals surface area contributed by atoms with Crippen LogP contribution < -0.4 is 0 Å². The molecule has 1 aromatic carbocycles. The smallest absolute Gasteiger partial charge is 0.164 e. The van der Waals surface area contributed by atoms with E-state index in [4.69, 9.17) is 9.47 Å². The van der Waals surface area contributed by atoms with E-state index in [1.54, 1.807) is 0 Å². The molecule has 0 fully saturated rings. The summed E-state index contributed by atoms with van der Waals surface area (Å²) < 4.78 is 11.0. The molecule has 0 N–H and O–H groups in total. The SMILES string of the molecule is C1#CC(=Nc2ccccc2)C#CCOCCCCCCOC1. The number of aliphatic imine (C=N–C) groups is 1. The molecule has 1 aliphatic rings. The van der Waals surface area contributed by atoms with Gasteiger partial charge in [-0.15, -0.1) is 0 Å².